The molecule has 2 amide bonds. The minimum absolute atomic E-state index is 0.0856. The van der Waals surface area contributed by atoms with E-state index >= 15 is 0 Å². The third kappa shape index (κ3) is 8.94. The number of benzene rings is 2. The summed E-state index contributed by atoms with van der Waals surface area (Å²) in [4.78, 5) is 37.6. The molecule has 0 radical (unpaired) electrons. The van der Waals surface area contributed by atoms with E-state index in [1.807, 2.05) is 0 Å². The zero-order valence-electron chi connectivity index (χ0n) is 20.1. The van der Waals surface area contributed by atoms with Crippen LogP contribution in [-0.2, 0) is 9.59 Å². The molecule has 2 rings (SSSR count). The number of nitrogens with one attached hydrogen (secondary N) is 4. The highest BCUT2D eigenvalue weighted by molar-refractivity contribution is 6.30. The van der Waals surface area contributed by atoms with Crippen molar-refractivity contribution in [1.29, 1.82) is 5.41 Å². The molecule has 1 atom stereocenters. The second-order valence-corrected chi connectivity index (χ2v) is 8.94. The zero-order chi connectivity index (χ0) is 26.0. The van der Waals surface area contributed by atoms with E-state index in [1.165, 1.54) is 0 Å². The molecule has 2 aromatic rings. The van der Waals surface area contributed by atoms with Crippen LogP contribution in [0.2, 0.25) is 5.02 Å². The molecule has 0 aliphatic heterocycles. The highest BCUT2D eigenvalue weighted by Crippen LogP contribution is 2.21. The normalized spacial score (nSPS) is 11.8. The number of amides is 2. The maximum absolute atomic E-state index is 12.7. The smallest absolute Gasteiger partial charge is 0.264 e. The number of nitrogens with two attached hydrogens (primary N) is 1. The number of hydrogen-bond donors (Lipinski definition) is 5. The Morgan fingerprint density at radius 3 is 2.03 bits per heavy atom. The fourth-order valence-electron chi connectivity index (χ4n) is 3.06. The van der Waals surface area contributed by atoms with Crippen LogP contribution in [0.1, 0.15) is 49.5 Å². The first-order valence-electron chi connectivity index (χ1n) is 11.3. The Morgan fingerprint density at radius 1 is 0.971 bits per heavy atom. The van der Waals surface area contributed by atoms with Gasteiger partial charge in [-0.1, -0.05) is 11.6 Å². The number of halogens is 1. The van der Waals surface area contributed by atoms with Gasteiger partial charge in [0, 0.05) is 29.2 Å². The summed E-state index contributed by atoms with van der Waals surface area (Å²) in [7, 11) is 0. The van der Waals surface area contributed by atoms with Crippen LogP contribution in [0, 0.1) is 5.41 Å². The van der Waals surface area contributed by atoms with Gasteiger partial charge in [0.1, 0.15) is 11.8 Å². The van der Waals surface area contributed by atoms with Crippen LogP contribution < -0.4 is 26.4 Å². The summed E-state index contributed by atoms with van der Waals surface area (Å²) < 4.78 is 5.84. The predicted molar refractivity (Wildman–Crippen MR) is 136 cm³/mol. The van der Waals surface area contributed by atoms with E-state index in [-0.39, 0.29) is 17.6 Å². The average molecular weight is 502 g/mol. The lowest BCUT2D eigenvalue weighted by Crippen LogP contribution is -2.53. The van der Waals surface area contributed by atoms with Crippen LogP contribution in [0.4, 0.5) is 0 Å². The van der Waals surface area contributed by atoms with Gasteiger partial charge in [-0.3, -0.25) is 19.8 Å². The van der Waals surface area contributed by atoms with Gasteiger partial charge in [0.05, 0.1) is 0 Å². The van der Waals surface area contributed by atoms with E-state index in [0.29, 0.717) is 41.4 Å². The van der Waals surface area contributed by atoms with Gasteiger partial charge in [-0.25, -0.2) is 0 Å². The van der Waals surface area contributed by atoms with Crippen molar-refractivity contribution in [2.24, 2.45) is 5.73 Å². The molecule has 0 heterocycles. The van der Waals surface area contributed by atoms with Crippen molar-refractivity contribution in [3.8, 4) is 5.75 Å². The molecule has 0 spiro atoms. The third-order valence-electron chi connectivity index (χ3n) is 5.10. The topological polar surface area (TPSA) is 146 Å². The first-order valence-corrected chi connectivity index (χ1v) is 11.6. The molecule has 0 unspecified atom stereocenters. The van der Waals surface area contributed by atoms with Gasteiger partial charge in [0.15, 0.2) is 17.3 Å². The van der Waals surface area contributed by atoms with E-state index in [2.05, 4.69) is 16.0 Å². The highest BCUT2D eigenvalue weighted by Gasteiger charge is 2.32. The van der Waals surface area contributed by atoms with E-state index in [4.69, 9.17) is 27.5 Å². The lowest BCUT2D eigenvalue weighted by Gasteiger charge is -2.27. The van der Waals surface area contributed by atoms with Crippen LogP contribution in [-0.4, -0.2) is 48.3 Å². The minimum atomic E-state index is -1.26. The van der Waals surface area contributed by atoms with Gasteiger partial charge in [-0.05, 0) is 82.1 Å². The van der Waals surface area contributed by atoms with Gasteiger partial charge in [-0.15, -0.1) is 0 Å². The quantitative estimate of drug-likeness (QED) is 0.131. The molecule has 0 aromatic heterocycles. The van der Waals surface area contributed by atoms with Gasteiger partial charge >= 0.3 is 0 Å². The summed E-state index contributed by atoms with van der Waals surface area (Å²) in [5.41, 5.74) is 4.94. The minimum Gasteiger partial charge on any atom is -0.478 e. The van der Waals surface area contributed by atoms with Gasteiger partial charge < -0.3 is 26.4 Å². The van der Waals surface area contributed by atoms with E-state index in [0.717, 1.165) is 6.42 Å². The SMILES string of the molecule is C[C@H](NC(=O)C(C)(C)Oc1ccc(C(=O)c2ccc(Cl)cc2)cc1)C(=O)NCCCCNC(=N)N. The summed E-state index contributed by atoms with van der Waals surface area (Å²) >= 11 is 5.87. The number of ether oxygens (including phenoxy) is 1. The Labute approximate surface area is 210 Å². The number of ketones is 1. The molecule has 2 aromatic carbocycles. The molecular weight excluding hydrogens is 470 g/mol. The molecule has 10 heteroatoms. The van der Waals surface area contributed by atoms with Gasteiger partial charge in [0.2, 0.25) is 5.91 Å². The summed E-state index contributed by atoms with van der Waals surface area (Å²) in [6.07, 6.45) is 1.45. The molecule has 0 aliphatic carbocycles. The first-order chi connectivity index (χ1) is 16.5. The molecule has 188 valence electrons. The van der Waals surface area contributed by atoms with Crippen molar-refractivity contribution in [2.75, 3.05) is 13.1 Å². The number of guanidine groups is 1. The monoisotopic (exact) mass is 501 g/mol. The Morgan fingerprint density at radius 2 is 1.49 bits per heavy atom. The fourth-order valence-corrected chi connectivity index (χ4v) is 3.18. The van der Waals surface area contributed by atoms with Crippen LogP contribution >= 0.6 is 11.6 Å². The van der Waals surface area contributed by atoms with Crippen LogP contribution in [0.15, 0.2) is 48.5 Å². The molecule has 35 heavy (non-hydrogen) atoms. The lowest BCUT2D eigenvalue weighted by molar-refractivity contribution is -0.137. The number of hydrogen-bond acceptors (Lipinski definition) is 5. The van der Waals surface area contributed by atoms with Crippen molar-refractivity contribution < 1.29 is 19.1 Å². The van der Waals surface area contributed by atoms with E-state index < -0.39 is 17.6 Å². The number of unbranched alkanes of at least 4 members (excludes halogenated alkanes) is 1. The molecule has 9 nitrogen and oxygen atoms in total. The first kappa shape index (κ1) is 27.7. The zero-order valence-corrected chi connectivity index (χ0v) is 20.9. The fraction of sp³-hybridized carbons (Fsp3) is 0.360. The highest BCUT2D eigenvalue weighted by atomic mass is 35.5. The average Bonchev–Trinajstić information content (AvgIpc) is 2.81. The standard InChI is InChI=1S/C25H32ClN5O4/c1-16(22(33)29-14-4-5-15-30-24(27)28)31-23(34)25(2,3)35-20-12-8-18(9-13-20)21(32)17-6-10-19(26)11-7-17/h6-13,16H,4-5,14-15H2,1-3H3,(H,29,33)(H,31,34)(H4,27,28,30)/t16-/m0/s1. The predicted octanol–water partition coefficient (Wildman–Crippen LogP) is 2.61. The molecule has 6 N–H and O–H groups in total. The molecular formula is C25H32ClN5O4. The maximum Gasteiger partial charge on any atom is 0.264 e. The molecule has 0 fully saturated rings. The number of carbonyl (C=O) groups is 3. The number of carbonyl (C=O) groups excluding carboxylic acids is 3. The van der Waals surface area contributed by atoms with E-state index in [9.17, 15) is 14.4 Å². The van der Waals surface area contributed by atoms with Crippen molar-refractivity contribution in [1.82, 2.24) is 16.0 Å². The molecule has 0 saturated heterocycles. The molecule has 0 bridgehead atoms. The van der Waals surface area contributed by atoms with Gasteiger partial charge in [-0.2, -0.15) is 0 Å². The Balaban J connectivity index is 1.85. The third-order valence-corrected chi connectivity index (χ3v) is 5.35. The van der Waals surface area contributed by atoms with Crippen LogP contribution in [0.3, 0.4) is 0 Å². The van der Waals surface area contributed by atoms with Gasteiger partial charge in [0.25, 0.3) is 5.91 Å². The van der Waals surface area contributed by atoms with Crippen molar-refractivity contribution in [3.05, 3.63) is 64.7 Å². The Bertz CT molecular complexity index is 1040. The van der Waals surface area contributed by atoms with Crippen molar-refractivity contribution in [2.45, 2.75) is 45.3 Å². The number of rotatable bonds is 12. The van der Waals surface area contributed by atoms with Crippen molar-refractivity contribution >= 4 is 35.2 Å². The molecule has 0 aliphatic rings. The molecule has 0 saturated carbocycles. The Kier molecular flexibility index (Phi) is 10.1. The summed E-state index contributed by atoms with van der Waals surface area (Å²) in [6, 6.07) is 12.4. The maximum atomic E-state index is 12.7. The second kappa shape index (κ2) is 12.8. The Hall–Kier alpha value is -3.59. The van der Waals surface area contributed by atoms with Crippen LogP contribution in [0.5, 0.6) is 5.75 Å². The summed E-state index contributed by atoms with van der Waals surface area (Å²) in [5.74, 6) is -0.585. The summed E-state index contributed by atoms with van der Waals surface area (Å²) in [6.45, 7) is 5.79. The van der Waals surface area contributed by atoms with Crippen molar-refractivity contribution in [3.63, 3.8) is 0 Å². The second-order valence-electron chi connectivity index (χ2n) is 8.51. The lowest BCUT2D eigenvalue weighted by atomic mass is 10.0. The van der Waals surface area contributed by atoms with E-state index in [1.54, 1.807) is 69.3 Å². The van der Waals surface area contributed by atoms with Crippen LogP contribution in [0.25, 0.3) is 0 Å². The summed E-state index contributed by atoms with van der Waals surface area (Å²) in [5, 5.41) is 15.8. The largest absolute Gasteiger partial charge is 0.478 e.